The summed E-state index contributed by atoms with van der Waals surface area (Å²) in [5.74, 6) is 2.79. The topological polar surface area (TPSA) is 60.4 Å². The summed E-state index contributed by atoms with van der Waals surface area (Å²) in [5, 5.41) is 0. The van der Waals surface area contributed by atoms with Crippen LogP contribution in [0.4, 0.5) is 0 Å². The van der Waals surface area contributed by atoms with Crippen LogP contribution in [0.5, 0.6) is 0 Å². The fourth-order valence-electron chi connectivity index (χ4n) is 8.58. The van der Waals surface area contributed by atoms with E-state index in [1.165, 1.54) is 6.92 Å². The number of ether oxygens (including phenoxy) is 1. The zero-order valence-corrected chi connectivity index (χ0v) is 18.2. The highest BCUT2D eigenvalue weighted by molar-refractivity contribution is 5.89. The molecule has 4 aliphatic rings. The summed E-state index contributed by atoms with van der Waals surface area (Å²) in [6.45, 7) is 10.0. The van der Waals surface area contributed by atoms with Crippen LogP contribution in [0.25, 0.3) is 0 Å². The molecule has 0 aromatic carbocycles. The minimum atomic E-state index is -0.946. The molecule has 0 saturated heterocycles. The van der Waals surface area contributed by atoms with Crippen molar-refractivity contribution in [2.24, 2.45) is 40.4 Å². The number of rotatable bonds is 2. The van der Waals surface area contributed by atoms with Crippen molar-refractivity contribution in [3.63, 3.8) is 0 Å². The number of carbonyl (C=O) groups excluding carboxylic acids is 3. The quantitative estimate of drug-likeness (QED) is 0.641. The maximum atomic E-state index is 12.8. The third kappa shape index (κ3) is 2.51. The van der Waals surface area contributed by atoms with Gasteiger partial charge in [0.15, 0.2) is 11.4 Å². The highest BCUT2D eigenvalue weighted by Gasteiger charge is 2.68. The summed E-state index contributed by atoms with van der Waals surface area (Å²) in [6.07, 6.45) is 7.32. The van der Waals surface area contributed by atoms with Gasteiger partial charge < -0.3 is 4.74 Å². The Morgan fingerprint density at radius 1 is 1.00 bits per heavy atom. The molecule has 0 radical (unpaired) electrons. The van der Waals surface area contributed by atoms with Gasteiger partial charge in [0.05, 0.1) is 0 Å². The highest BCUT2D eigenvalue weighted by atomic mass is 16.6. The van der Waals surface area contributed by atoms with Crippen molar-refractivity contribution >= 4 is 17.5 Å². The summed E-state index contributed by atoms with van der Waals surface area (Å²) in [4.78, 5) is 36.9. The van der Waals surface area contributed by atoms with E-state index in [0.29, 0.717) is 41.8 Å². The predicted octanol–water partition coefficient (Wildman–Crippen LogP) is 4.74. The van der Waals surface area contributed by atoms with Crippen LogP contribution < -0.4 is 0 Å². The summed E-state index contributed by atoms with van der Waals surface area (Å²) in [7, 11) is 0. The molecule has 0 bridgehead atoms. The summed E-state index contributed by atoms with van der Waals surface area (Å²) < 4.78 is 5.85. The fraction of sp³-hybridized carbons (Fsp3) is 0.875. The predicted molar refractivity (Wildman–Crippen MR) is 106 cm³/mol. The Labute approximate surface area is 169 Å². The van der Waals surface area contributed by atoms with Crippen molar-refractivity contribution in [2.45, 2.75) is 91.6 Å². The van der Waals surface area contributed by atoms with E-state index in [4.69, 9.17) is 4.74 Å². The Morgan fingerprint density at radius 3 is 2.32 bits per heavy atom. The minimum absolute atomic E-state index is 0.0161. The van der Waals surface area contributed by atoms with Gasteiger partial charge in [-0.05, 0) is 80.5 Å². The Balaban J connectivity index is 1.70. The van der Waals surface area contributed by atoms with Gasteiger partial charge in [0.1, 0.15) is 5.78 Å². The average Bonchev–Trinajstić information content (AvgIpc) is 2.90. The zero-order valence-electron chi connectivity index (χ0n) is 18.2. The second-order valence-corrected chi connectivity index (χ2v) is 10.9. The first-order chi connectivity index (χ1) is 13.0. The van der Waals surface area contributed by atoms with Gasteiger partial charge in [0, 0.05) is 25.2 Å². The summed E-state index contributed by atoms with van der Waals surface area (Å²) in [5.41, 5.74) is -0.975. The van der Waals surface area contributed by atoms with Crippen LogP contribution in [0, 0.1) is 40.4 Å². The number of ketones is 2. The van der Waals surface area contributed by atoms with Crippen molar-refractivity contribution in [2.75, 3.05) is 0 Å². The van der Waals surface area contributed by atoms with Crippen LogP contribution in [-0.4, -0.2) is 23.1 Å². The standard InChI is InChI=1S/C24H36O4/c1-14-12-18-19(22(4)9-6-17(27)13-21(14)22)7-10-23(5)20(18)8-11-24(23,15(2)25)28-16(3)26/h14,18-21H,6-13H2,1-5H3/t14-,18+,19-,20-,21?,22+,23-,24-/m0/s1. The number of hydrogen-bond donors (Lipinski definition) is 0. The van der Waals surface area contributed by atoms with Gasteiger partial charge in [-0.3, -0.25) is 14.4 Å². The van der Waals surface area contributed by atoms with Gasteiger partial charge >= 0.3 is 5.97 Å². The average molecular weight is 389 g/mol. The molecule has 156 valence electrons. The van der Waals surface area contributed by atoms with Gasteiger partial charge in [-0.1, -0.05) is 20.8 Å². The van der Waals surface area contributed by atoms with E-state index in [0.717, 1.165) is 44.9 Å². The maximum Gasteiger partial charge on any atom is 0.303 e. The van der Waals surface area contributed by atoms with Crippen LogP contribution in [-0.2, 0) is 19.1 Å². The maximum absolute atomic E-state index is 12.8. The van der Waals surface area contributed by atoms with Crippen LogP contribution in [0.1, 0.15) is 86.0 Å². The lowest BCUT2D eigenvalue weighted by molar-refractivity contribution is -0.194. The number of carbonyl (C=O) groups is 3. The molecule has 0 spiro atoms. The van der Waals surface area contributed by atoms with Crippen molar-refractivity contribution in [1.82, 2.24) is 0 Å². The number of esters is 1. The molecule has 1 unspecified atom stereocenters. The normalized spacial score (nSPS) is 50.3. The number of hydrogen-bond acceptors (Lipinski definition) is 4. The van der Waals surface area contributed by atoms with Crippen LogP contribution in [0.2, 0.25) is 0 Å². The Hall–Kier alpha value is -1.19. The van der Waals surface area contributed by atoms with Crippen molar-refractivity contribution in [1.29, 1.82) is 0 Å². The van der Waals surface area contributed by atoms with E-state index in [9.17, 15) is 14.4 Å². The lowest BCUT2D eigenvalue weighted by Gasteiger charge is -2.62. The third-order valence-electron chi connectivity index (χ3n) is 9.86. The first-order valence-electron chi connectivity index (χ1n) is 11.3. The van der Waals surface area contributed by atoms with Gasteiger partial charge in [0.2, 0.25) is 0 Å². The first-order valence-corrected chi connectivity index (χ1v) is 11.3. The van der Waals surface area contributed by atoms with Crippen LogP contribution >= 0.6 is 0 Å². The largest absolute Gasteiger partial charge is 0.451 e. The molecule has 28 heavy (non-hydrogen) atoms. The molecule has 0 aromatic rings. The second kappa shape index (κ2) is 6.40. The van der Waals surface area contributed by atoms with E-state index in [2.05, 4.69) is 20.8 Å². The lowest BCUT2D eigenvalue weighted by atomic mass is 9.42. The van der Waals surface area contributed by atoms with Gasteiger partial charge in [-0.15, -0.1) is 0 Å². The van der Waals surface area contributed by atoms with Crippen LogP contribution in [0.3, 0.4) is 0 Å². The Bertz CT molecular complexity index is 713. The molecule has 0 N–H and O–H groups in total. The van der Waals surface area contributed by atoms with Crippen molar-refractivity contribution in [3.05, 3.63) is 0 Å². The van der Waals surface area contributed by atoms with Crippen LogP contribution in [0.15, 0.2) is 0 Å². The molecular weight excluding hydrogens is 352 g/mol. The molecule has 4 fully saturated rings. The molecule has 4 nitrogen and oxygen atoms in total. The highest BCUT2D eigenvalue weighted by Crippen LogP contribution is 2.69. The molecule has 4 rings (SSSR count). The minimum Gasteiger partial charge on any atom is -0.451 e. The third-order valence-corrected chi connectivity index (χ3v) is 9.86. The molecule has 0 aliphatic heterocycles. The molecule has 8 atom stereocenters. The monoisotopic (exact) mass is 388 g/mol. The van der Waals surface area contributed by atoms with Gasteiger partial charge in [0.25, 0.3) is 0 Å². The zero-order chi connectivity index (χ0) is 20.5. The first kappa shape index (κ1) is 20.1. The van der Waals surface area contributed by atoms with E-state index >= 15 is 0 Å². The van der Waals surface area contributed by atoms with Gasteiger partial charge in [-0.25, -0.2) is 0 Å². The Morgan fingerprint density at radius 2 is 1.68 bits per heavy atom. The second-order valence-electron chi connectivity index (χ2n) is 10.9. The van der Waals surface area contributed by atoms with E-state index in [1.54, 1.807) is 6.92 Å². The molecule has 4 aliphatic carbocycles. The fourth-order valence-corrected chi connectivity index (χ4v) is 8.58. The lowest BCUT2D eigenvalue weighted by Crippen LogP contribution is -2.60. The SMILES string of the molecule is CC(=O)O[C@]1(C(C)=O)CC[C@H]2[C@@H]3C[C@H](C)C4CC(=O)CC[C@]4(C)[C@H]3CC[C@@]21C. The Kier molecular flexibility index (Phi) is 4.60. The molecule has 0 aromatic heterocycles. The summed E-state index contributed by atoms with van der Waals surface area (Å²) in [6, 6.07) is 0. The van der Waals surface area contributed by atoms with E-state index in [-0.39, 0.29) is 22.6 Å². The van der Waals surface area contributed by atoms with E-state index in [1.807, 2.05) is 0 Å². The van der Waals surface area contributed by atoms with E-state index < -0.39 is 5.60 Å². The molecule has 0 amide bonds. The molecule has 4 heteroatoms. The molecular formula is C24H36O4. The van der Waals surface area contributed by atoms with Crippen molar-refractivity contribution in [3.8, 4) is 0 Å². The van der Waals surface area contributed by atoms with Crippen molar-refractivity contribution < 1.29 is 19.1 Å². The number of fused-ring (bicyclic) bond motifs is 5. The van der Waals surface area contributed by atoms with Gasteiger partial charge in [-0.2, -0.15) is 0 Å². The smallest absolute Gasteiger partial charge is 0.303 e. The number of Topliss-reactive ketones (excluding diaryl/α,β-unsaturated/α-hetero) is 2. The molecule has 4 saturated carbocycles. The molecule has 0 heterocycles. The summed E-state index contributed by atoms with van der Waals surface area (Å²) >= 11 is 0.